The Morgan fingerprint density at radius 1 is 0.900 bits per heavy atom. The summed E-state index contributed by atoms with van der Waals surface area (Å²) in [4.78, 5) is 12.7. The number of nitrogens with zero attached hydrogens (tertiary/aromatic N) is 1. The summed E-state index contributed by atoms with van der Waals surface area (Å²) in [5.41, 5.74) is 2.01. The molecule has 3 rings (SSSR count). The Bertz CT molecular complexity index is 1150. The SMILES string of the molecule is CCNc1ccc(S(=O)(=O)N(C)C)cc1NCC(=O)Nc1cccc2ccccc12. The highest BCUT2D eigenvalue weighted by Gasteiger charge is 2.19. The molecule has 0 aliphatic rings. The molecule has 0 unspecified atom stereocenters. The van der Waals surface area contributed by atoms with Gasteiger partial charge in [-0.2, -0.15) is 0 Å². The van der Waals surface area contributed by atoms with Gasteiger partial charge in [-0.05, 0) is 36.6 Å². The topological polar surface area (TPSA) is 90.5 Å². The van der Waals surface area contributed by atoms with Crippen molar-refractivity contribution in [2.45, 2.75) is 11.8 Å². The number of carbonyl (C=O) groups is 1. The molecule has 0 aromatic heterocycles. The summed E-state index contributed by atoms with van der Waals surface area (Å²) in [5.74, 6) is -0.227. The third-order valence-electron chi connectivity index (χ3n) is 4.64. The van der Waals surface area contributed by atoms with Crippen molar-refractivity contribution in [3.63, 3.8) is 0 Å². The van der Waals surface area contributed by atoms with E-state index in [9.17, 15) is 13.2 Å². The van der Waals surface area contributed by atoms with Crippen molar-refractivity contribution < 1.29 is 13.2 Å². The predicted molar refractivity (Wildman–Crippen MR) is 123 cm³/mol. The summed E-state index contributed by atoms with van der Waals surface area (Å²) in [6.07, 6.45) is 0. The predicted octanol–water partition coefficient (Wildman–Crippen LogP) is 3.57. The minimum Gasteiger partial charge on any atom is -0.384 e. The number of amides is 1. The molecule has 0 saturated carbocycles. The third kappa shape index (κ3) is 4.72. The van der Waals surface area contributed by atoms with Gasteiger partial charge in [0.1, 0.15) is 0 Å². The van der Waals surface area contributed by atoms with Crippen LogP contribution in [-0.4, -0.2) is 45.8 Å². The number of hydrogen-bond donors (Lipinski definition) is 3. The van der Waals surface area contributed by atoms with E-state index in [4.69, 9.17) is 0 Å². The lowest BCUT2D eigenvalue weighted by molar-refractivity contribution is -0.114. The normalized spacial score (nSPS) is 11.5. The zero-order valence-electron chi connectivity index (χ0n) is 17.3. The molecule has 0 bridgehead atoms. The highest BCUT2D eigenvalue weighted by Crippen LogP contribution is 2.27. The molecule has 0 saturated heterocycles. The maximum absolute atomic E-state index is 12.6. The van der Waals surface area contributed by atoms with Crippen LogP contribution in [-0.2, 0) is 14.8 Å². The molecule has 158 valence electrons. The second-order valence-corrected chi connectivity index (χ2v) is 9.11. The summed E-state index contributed by atoms with van der Waals surface area (Å²) in [6.45, 7) is 2.60. The number of carbonyl (C=O) groups excluding carboxylic acids is 1. The quantitative estimate of drug-likeness (QED) is 0.512. The Hall–Kier alpha value is -3.10. The van der Waals surface area contributed by atoms with Gasteiger partial charge < -0.3 is 16.0 Å². The van der Waals surface area contributed by atoms with Crippen molar-refractivity contribution in [2.24, 2.45) is 0 Å². The summed E-state index contributed by atoms with van der Waals surface area (Å²) in [6, 6.07) is 18.3. The van der Waals surface area contributed by atoms with Crippen LogP contribution in [0, 0.1) is 0 Å². The van der Waals surface area contributed by atoms with Gasteiger partial charge in [-0.1, -0.05) is 36.4 Å². The monoisotopic (exact) mass is 426 g/mol. The number of rotatable bonds is 8. The van der Waals surface area contributed by atoms with Crippen LogP contribution >= 0.6 is 0 Å². The Balaban J connectivity index is 1.79. The molecule has 3 aromatic carbocycles. The smallest absolute Gasteiger partial charge is 0.243 e. The first kappa shape index (κ1) is 21.6. The molecule has 0 heterocycles. The second-order valence-electron chi connectivity index (χ2n) is 6.95. The first-order valence-electron chi connectivity index (χ1n) is 9.65. The fourth-order valence-electron chi connectivity index (χ4n) is 3.09. The number of benzene rings is 3. The van der Waals surface area contributed by atoms with E-state index in [0.717, 1.165) is 26.5 Å². The fourth-order valence-corrected chi connectivity index (χ4v) is 4.02. The van der Waals surface area contributed by atoms with E-state index in [-0.39, 0.29) is 17.3 Å². The van der Waals surface area contributed by atoms with Gasteiger partial charge in [-0.25, -0.2) is 12.7 Å². The van der Waals surface area contributed by atoms with Crippen molar-refractivity contribution in [1.29, 1.82) is 0 Å². The second kappa shape index (κ2) is 9.15. The van der Waals surface area contributed by atoms with E-state index in [0.29, 0.717) is 12.2 Å². The minimum absolute atomic E-state index is 0.00686. The molecular weight excluding hydrogens is 400 g/mol. The zero-order chi connectivity index (χ0) is 21.7. The number of fused-ring (bicyclic) bond motifs is 1. The Morgan fingerprint density at radius 3 is 2.37 bits per heavy atom. The van der Waals surface area contributed by atoms with Crippen LogP contribution in [0.15, 0.2) is 65.6 Å². The summed E-state index contributed by atoms with van der Waals surface area (Å²) >= 11 is 0. The lowest BCUT2D eigenvalue weighted by Crippen LogP contribution is -2.24. The van der Waals surface area contributed by atoms with Crippen LogP contribution in [0.25, 0.3) is 10.8 Å². The highest BCUT2D eigenvalue weighted by molar-refractivity contribution is 7.89. The number of anilines is 3. The van der Waals surface area contributed by atoms with Gasteiger partial charge in [0.25, 0.3) is 0 Å². The number of hydrogen-bond acceptors (Lipinski definition) is 5. The van der Waals surface area contributed by atoms with Crippen molar-refractivity contribution in [1.82, 2.24) is 4.31 Å². The molecule has 7 nitrogen and oxygen atoms in total. The average Bonchev–Trinajstić information content (AvgIpc) is 2.73. The Morgan fingerprint density at radius 2 is 1.63 bits per heavy atom. The van der Waals surface area contributed by atoms with Crippen LogP contribution in [0.1, 0.15) is 6.92 Å². The lowest BCUT2D eigenvalue weighted by atomic mass is 10.1. The summed E-state index contributed by atoms with van der Waals surface area (Å²) < 4.78 is 26.1. The van der Waals surface area contributed by atoms with Crippen LogP contribution in [0.5, 0.6) is 0 Å². The van der Waals surface area contributed by atoms with Crippen LogP contribution in [0.4, 0.5) is 17.1 Å². The summed E-state index contributed by atoms with van der Waals surface area (Å²) in [5, 5.41) is 11.2. The average molecular weight is 427 g/mol. The van der Waals surface area contributed by atoms with Gasteiger partial charge in [0.2, 0.25) is 15.9 Å². The maximum Gasteiger partial charge on any atom is 0.243 e. The van der Waals surface area contributed by atoms with Crippen molar-refractivity contribution in [3.05, 3.63) is 60.7 Å². The Labute approximate surface area is 177 Å². The molecule has 0 radical (unpaired) electrons. The maximum atomic E-state index is 12.6. The molecule has 3 aromatic rings. The van der Waals surface area contributed by atoms with E-state index in [1.54, 1.807) is 18.2 Å². The van der Waals surface area contributed by atoms with Gasteiger partial charge in [-0.3, -0.25) is 4.79 Å². The molecule has 0 spiro atoms. The minimum atomic E-state index is -3.58. The van der Waals surface area contributed by atoms with E-state index in [1.165, 1.54) is 14.1 Å². The molecule has 8 heteroatoms. The van der Waals surface area contributed by atoms with Crippen molar-refractivity contribution >= 4 is 43.8 Å². The molecule has 30 heavy (non-hydrogen) atoms. The zero-order valence-corrected chi connectivity index (χ0v) is 18.1. The first-order chi connectivity index (χ1) is 14.3. The van der Waals surface area contributed by atoms with E-state index < -0.39 is 10.0 Å². The summed E-state index contributed by atoms with van der Waals surface area (Å²) in [7, 11) is -0.609. The van der Waals surface area contributed by atoms with Gasteiger partial charge in [0.05, 0.1) is 22.8 Å². The van der Waals surface area contributed by atoms with Crippen molar-refractivity contribution in [2.75, 3.05) is 43.1 Å². The van der Waals surface area contributed by atoms with Crippen LogP contribution in [0.2, 0.25) is 0 Å². The molecule has 3 N–H and O–H groups in total. The Kier molecular flexibility index (Phi) is 6.59. The largest absolute Gasteiger partial charge is 0.384 e. The van der Waals surface area contributed by atoms with E-state index in [2.05, 4.69) is 16.0 Å². The van der Waals surface area contributed by atoms with Gasteiger partial charge in [0, 0.05) is 31.7 Å². The molecule has 0 aliphatic carbocycles. The standard InChI is InChI=1S/C22H26N4O3S/c1-4-23-20-13-12-17(30(28,29)26(2)3)14-21(20)24-15-22(27)25-19-11-7-9-16-8-5-6-10-18(16)19/h5-14,23-24H,4,15H2,1-3H3,(H,25,27). The van der Waals surface area contributed by atoms with E-state index >= 15 is 0 Å². The lowest BCUT2D eigenvalue weighted by Gasteiger charge is -2.17. The molecular formula is C22H26N4O3S. The molecule has 0 atom stereocenters. The number of nitrogens with one attached hydrogen (secondary N) is 3. The number of sulfonamides is 1. The molecule has 0 fully saturated rings. The van der Waals surface area contributed by atoms with E-state index in [1.807, 2.05) is 49.4 Å². The first-order valence-corrected chi connectivity index (χ1v) is 11.1. The third-order valence-corrected chi connectivity index (χ3v) is 6.45. The fraction of sp³-hybridized carbons (Fsp3) is 0.227. The molecule has 1 amide bonds. The molecule has 0 aliphatic heterocycles. The van der Waals surface area contributed by atoms with Crippen LogP contribution < -0.4 is 16.0 Å². The highest BCUT2D eigenvalue weighted by atomic mass is 32.2. The van der Waals surface area contributed by atoms with Gasteiger partial charge in [-0.15, -0.1) is 0 Å². The van der Waals surface area contributed by atoms with Crippen molar-refractivity contribution in [3.8, 4) is 0 Å². The van der Waals surface area contributed by atoms with Gasteiger partial charge >= 0.3 is 0 Å². The van der Waals surface area contributed by atoms with Crippen LogP contribution in [0.3, 0.4) is 0 Å². The van der Waals surface area contributed by atoms with Gasteiger partial charge in [0.15, 0.2) is 0 Å².